The van der Waals surface area contributed by atoms with Gasteiger partial charge in [-0.1, -0.05) is 325 Å². The molecule has 0 rings (SSSR count). The summed E-state index contributed by atoms with van der Waals surface area (Å²) in [6.45, 7) is 14.1. The van der Waals surface area contributed by atoms with Gasteiger partial charge in [0.2, 0.25) is 0 Å². The first-order chi connectivity index (χ1) is 45.1. The summed E-state index contributed by atoms with van der Waals surface area (Å²) in [4.78, 5) is 72.6. The standard InChI is InChI=1S/C75H146O17P2/c1-9-68(8)54-46-38-29-23-20-21-25-31-41-49-57-74(79)91-70(61-85-72(77)55-47-39-30-24-19-17-15-13-11-10-12-14-16-18-22-27-35-43-51-65(2)3)63-89-93(81,82)87-59-69(76)60-88-94(83,84)90-64-71(92-75(80)58-50-42-34-33-37-45-53-67(6)7)62-86-73(78)56-48-40-32-26-28-36-44-52-66(4)5/h65-71,76H,9-64H2,1-8H3,(H,81,82)(H,83,84)/t68?,69?,70-,71-/m1/s1. The van der Waals surface area contributed by atoms with Crippen molar-refractivity contribution < 1.29 is 80.2 Å². The summed E-state index contributed by atoms with van der Waals surface area (Å²) in [5, 5.41) is 10.6. The average Bonchev–Trinajstić information content (AvgIpc) is 1.86. The van der Waals surface area contributed by atoms with E-state index >= 15 is 0 Å². The number of ether oxygens (including phenoxy) is 4. The highest BCUT2D eigenvalue weighted by Crippen LogP contribution is 2.45. The molecule has 94 heavy (non-hydrogen) atoms. The van der Waals surface area contributed by atoms with E-state index in [1.165, 1.54) is 173 Å². The largest absolute Gasteiger partial charge is 0.472 e. The molecule has 0 aliphatic carbocycles. The molecule has 0 heterocycles. The number of phosphoric acid groups is 2. The van der Waals surface area contributed by atoms with Crippen LogP contribution in [0.5, 0.6) is 0 Å². The first-order valence-corrected chi connectivity index (χ1v) is 41.7. The minimum absolute atomic E-state index is 0.101. The second-order valence-electron chi connectivity index (χ2n) is 28.7. The third-order valence-electron chi connectivity index (χ3n) is 17.7. The SMILES string of the molecule is CCC(C)CCCCCCCCCCCCC(=O)O[C@H](COC(=O)CCCCCCCCCCCCCCCCCCCCC(C)C)COP(=O)(O)OCC(O)COP(=O)(O)OC[C@@H](COC(=O)CCCCCCCCCC(C)C)OC(=O)CCCCCCCCC(C)C. The van der Waals surface area contributed by atoms with Crippen molar-refractivity contribution in [3.8, 4) is 0 Å². The Labute approximate surface area is 575 Å². The molecule has 0 aliphatic rings. The molecule has 0 fully saturated rings. The molecule has 0 aliphatic heterocycles. The molecule has 0 saturated heterocycles. The second-order valence-corrected chi connectivity index (χ2v) is 31.6. The molecule has 6 atom stereocenters. The van der Waals surface area contributed by atoms with Crippen LogP contribution in [0.4, 0.5) is 0 Å². The van der Waals surface area contributed by atoms with Crippen LogP contribution in [-0.4, -0.2) is 96.7 Å². The molecule has 0 bridgehead atoms. The molecule has 17 nitrogen and oxygen atoms in total. The van der Waals surface area contributed by atoms with Gasteiger partial charge in [-0.05, 0) is 49.4 Å². The lowest BCUT2D eigenvalue weighted by Crippen LogP contribution is -2.30. The number of hydrogen-bond acceptors (Lipinski definition) is 15. The second kappa shape index (κ2) is 64.4. The fraction of sp³-hybridized carbons (Fsp3) is 0.947. The molecule has 0 aromatic carbocycles. The molecule has 0 spiro atoms. The van der Waals surface area contributed by atoms with Crippen LogP contribution in [0.3, 0.4) is 0 Å². The van der Waals surface area contributed by atoms with Crippen LogP contribution in [0.15, 0.2) is 0 Å². The minimum Gasteiger partial charge on any atom is -0.462 e. The first-order valence-electron chi connectivity index (χ1n) is 38.7. The van der Waals surface area contributed by atoms with Crippen LogP contribution >= 0.6 is 15.6 Å². The Hall–Kier alpha value is -1.94. The Kier molecular flexibility index (Phi) is 63.1. The first kappa shape index (κ1) is 92.1. The maximum absolute atomic E-state index is 13.1. The third-order valence-corrected chi connectivity index (χ3v) is 19.6. The van der Waals surface area contributed by atoms with Crippen molar-refractivity contribution in [3.63, 3.8) is 0 Å². The monoisotopic (exact) mass is 1380 g/mol. The van der Waals surface area contributed by atoms with Gasteiger partial charge in [0.05, 0.1) is 26.4 Å². The van der Waals surface area contributed by atoms with Crippen LogP contribution in [-0.2, 0) is 65.4 Å². The van der Waals surface area contributed by atoms with Gasteiger partial charge >= 0.3 is 39.5 Å². The Morgan fingerprint density at radius 1 is 0.298 bits per heavy atom. The van der Waals surface area contributed by atoms with Crippen LogP contribution in [0.25, 0.3) is 0 Å². The van der Waals surface area contributed by atoms with E-state index in [1.54, 1.807) is 0 Å². The number of esters is 4. The number of carbonyl (C=O) groups excluding carboxylic acids is 4. The highest BCUT2D eigenvalue weighted by atomic mass is 31.2. The summed E-state index contributed by atoms with van der Waals surface area (Å²) in [5.74, 6) is 0.872. The Morgan fingerprint density at radius 2 is 0.511 bits per heavy atom. The van der Waals surface area contributed by atoms with Crippen molar-refractivity contribution >= 4 is 39.5 Å². The van der Waals surface area contributed by atoms with E-state index in [4.69, 9.17) is 37.0 Å². The lowest BCUT2D eigenvalue weighted by Gasteiger charge is -2.21. The molecule has 0 radical (unpaired) electrons. The zero-order valence-electron chi connectivity index (χ0n) is 61.6. The molecule has 0 amide bonds. The van der Waals surface area contributed by atoms with E-state index in [1.807, 2.05) is 0 Å². The van der Waals surface area contributed by atoms with Gasteiger partial charge in [0.25, 0.3) is 0 Å². The molecular formula is C75H146O17P2. The summed E-state index contributed by atoms with van der Waals surface area (Å²) < 4.78 is 68.4. The summed E-state index contributed by atoms with van der Waals surface area (Å²) in [6.07, 6.45) is 49.0. The predicted octanol–water partition coefficient (Wildman–Crippen LogP) is 21.7. The van der Waals surface area contributed by atoms with Crippen LogP contribution in [0.1, 0.15) is 376 Å². The van der Waals surface area contributed by atoms with Crippen LogP contribution < -0.4 is 0 Å². The van der Waals surface area contributed by atoms with Crippen molar-refractivity contribution in [1.29, 1.82) is 0 Å². The lowest BCUT2D eigenvalue weighted by molar-refractivity contribution is -0.161. The lowest BCUT2D eigenvalue weighted by atomic mass is 9.99. The Balaban J connectivity index is 5.17. The topological polar surface area (TPSA) is 237 Å². The Morgan fingerprint density at radius 3 is 0.755 bits per heavy atom. The number of rotatable bonds is 72. The van der Waals surface area contributed by atoms with Gasteiger partial charge in [-0.2, -0.15) is 0 Å². The van der Waals surface area contributed by atoms with Gasteiger partial charge in [0.1, 0.15) is 19.3 Å². The van der Waals surface area contributed by atoms with Crippen LogP contribution in [0.2, 0.25) is 0 Å². The smallest absolute Gasteiger partial charge is 0.462 e. The highest BCUT2D eigenvalue weighted by molar-refractivity contribution is 7.47. The summed E-state index contributed by atoms with van der Waals surface area (Å²) in [5.41, 5.74) is 0. The molecule has 0 aromatic heterocycles. The van der Waals surface area contributed by atoms with Gasteiger partial charge in [-0.3, -0.25) is 37.3 Å². The third kappa shape index (κ3) is 67.3. The number of unbranched alkanes of at least 4 members (excludes halogenated alkanes) is 37. The maximum atomic E-state index is 13.1. The van der Waals surface area contributed by atoms with Gasteiger partial charge in [0.15, 0.2) is 12.2 Å². The van der Waals surface area contributed by atoms with Crippen LogP contribution in [0, 0.1) is 23.7 Å². The number of phosphoric ester groups is 2. The van der Waals surface area contributed by atoms with E-state index in [0.717, 1.165) is 108 Å². The Bertz CT molecular complexity index is 1850. The average molecular weight is 1380 g/mol. The maximum Gasteiger partial charge on any atom is 0.472 e. The van der Waals surface area contributed by atoms with Crippen molar-refractivity contribution in [1.82, 2.24) is 0 Å². The molecule has 4 unspecified atom stereocenters. The van der Waals surface area contributed by atoms with E-state index < -0.39 is 97.5 Å². The summed E-state index contributed by atoms with van der Waals surface area (Å²) >= 11 is 0. The van der Waals surface area contributed by atoms with Crippen molar-refractivity contribution in [2.24, 2.45) is 23.7 Å². The molecule has 19 heteroatoms. The summed E-state index contributed by atoms with van der Waals surface area (Å²) in [6, 6.07) is 0. The molecule has 3 N–H and O–H groups in total. The molecular weight excluding hydrogens is 1230 g/mol. The number of aliphatic hydroxyl groups is 1. The van der Waals surface area contributed by atoms with Gasteiger partial charge < -0.3 is 33.8 Å². The number of hydrogen-bond donors (Lipinski definition) is 3. The fourth-order valence-corrected chi connectivity index (χ4v) is 12.9. The van der Waals surface area contributed by atoms with E-state index in [-0.39, 0.29) is 25.7 Å². The quantitative estimate of drug-likeness (QED) is 0.0222. The zero-order valence-corrected chi connectivity index (χ0v) is 63.4. The number of carbonyl (C=O) groups is 4. The fourth-order valence-electron chi connectivity index (χ4n) is 11.3. The molecule has 0 aromatic rings. The normalized spacial score (nSPS) is 14.4. The number of aliphatic hydroxyl groups excluding tert-OH is 1. The predicted molar refractivity (Wildman–Crippen MR) is 381 cm³/mol. The van der Waals surface area contributed by atoms with Crippen molar-refractivity contribution in [2.45, 2.75) is 395 Å². The van der Waals surface area contributed by atoms with E-state index in [9.17, 15) is 43.2 Å². The van der Waals surface area contributed by atoms with Crippen molar-refractivity contribution in [3.05, 3.63) is 0 Å². The molecule has 558 valence electrons. The zero-order chi connectivity index (χ0) is 69.6. The van der Waals surface area contributed by atoms with Gasteiger partial charge in [-0.15, -0.1) is 0 Å². The molecule has 0 saturated carbocycles. The summed E-state index contributed by atoms with van der Waals surface area (Å²) in [7, 11) is -9.91. The van der Waals surface area contributed by atoms with E-state index in [0.29, 0.717) is 37.5 Å². The van der Waals surface area contributed by atoms with Crippen molar-refractivity contribution in [2.75, 3.05) is 39.6 Å². The van der Waals surface area contributed by atoms with E-state index in [2.05, 4.69) is 55.4 Å². The van der Waals surface area contributed by atoms with Gasteiger partial charge in [0, 0.05) is 25.7 Å². The minimum atomic E-state index is -4.96. The highest BCUT2D eigenvalue weighted by Gasteiger charge is 2.30. The van der Waals surface area contributed by atoms with Gasteiger partial charge in [-0.25, -0.2) is 9.13 Å².